The lowest BCUT2D eigenvalue weighted by molar-refractivity contribution is -0.126. The molecule has 0 N–H and O–H groups in total. The molecule has 2 fully saturated rings. The summed E-state index contributed by atoms with van der Waals surface area (Å²) in [5.41, 5.74) is 0. The number of sulfonamides is 1. The van der Waals surface area contributed by atoms with Crippen LogP contribution in [0.15, 0.2) is 0 Å². The standard InChI is InChI=1S/C11H18N2O4S2/c1-2-7-19(16,17)12-5-3-9(4-6-12)13-10(14)8-18-11(13)15/h9H,2-8H2,1H3. The van der Waals surface area contributed by atoms with E-state index in [4.69, 9.17) is 0 Å². The quantitative estimate of drug-likeness (QED) is 0.771. The third-order valence-electron chi connectivity index (χ3n) is 3.43. The highest BCUT2D eigenvalue weighted by molar-refractivity contribution is 8.14. The summed E-state index contributed by atoms with van der Waals surface area (Å²) in [6.45, 7) is 2.63. The second-order valence-corrected chi connectivity index (χ2v) is 7.78. The molecule has 2 aliphatic heterocycles. The molecule has 108 valence electrons. The molecule has 0 spiro atoms. The Bertz CT molecular complexity index is 453. The number of piperidine rings is 1. The van der Waals surface area contributed by atoms with E-state index in [-0.39, 0.29) is 28.7 Å². The predicted molar refractivity (Wildman–Crippen MR) is 73.4 cm³/mol. The van der Waals surface area contributed by atoms with Crippen molar-refractivity contribution in [2.75, 3.05) is 24.6 Å². The molecule has 0 atom stereocenters. The molecule has 2 heterocycles. The van der Waals surface area contributed by atoms with Crippen LogP contribution in [0.25, 0.3) is 0 Å². The summed E-state index contributed by atoms with van der Waals surface area (Å²) in [5, 5.41) is -0.195. The Labute approximate surface area is 117 Å². The maximum atomic E-state index is 11.9. The van der Waals surface area contributed by atoms with Gasteiger partial charge in [-0.05, 0) is 19.3 Å². The minimum atomic E-state index is -3.17. The van der Waals surface area contributed by atoms with Crippen molar-refractivity contribution in [3.05, 3.63) is 0 Å². The molecule has 8 heteroatoms. The van der Waals surface area contributed by atoms with Gasteiger partial charge in [-0.25, -0.2) is 12.7 Å². The highest BCUT2D eigenvalue weighted by Gasteiger charge is 2.38. The number of imide groups is 1. The van der Waals surface area contributed by atoms with Gasteiger partial charge in [-0.3, -0.25) is 14.5 Å². The zero-order valence-electron chi connectivity index (χ0n) is 10.9. The number of rotatable bonds is 4. The molecule has 0 unspecified atom stereocenters. The fraction of sp³-hybridized carbons (Fsp3) is 0.818. The normalized spacial score (nSPS) is 23.3. The van der Waals surface area contributed by atoms with Gasteiger partial charge in [0.15, 0.2) is 0 Å². The van der Waals surface area contributed by atoms with Gasteiger partial charge < -0.3 is 0 Å². The van der Waals surface area contributed by atoms with Crippen molar-refractivity contribution in [2.24, 2.45) is 0 Å². The highest BCUT2D eigenvalue weighted by Crippen LogP contribution is 2.27. The van der Waals surface area contributed by atoms with Crippen molar-refractivity contribution in [2.45, 2.75) is 32.2 Å². The third kappa shape index (κ3) is 3.11. The molecule has 2 saturated heterocycles. The Balaban J connectivity index is 1.96. The number of thioether (sulfide) groups is 1. The number of nitrogens with zero attached hydrogens (tertiary/aromatic N) is 2. The van der Waals surface area contributed by atoms with E-state index >= 15 is 0 Å². The first-order valence-electron chi connectivity index (χ1n) is 6.42. The fourth-order valence-electron chi connectivity index (χ4n) is 2.48. The lowest BCUT2D eigenvalue weighted by atomic mass is 10.1. The molecule has 0 aromatic rings. The Kier molecular flexibility index (Phi) is 4.52. The van der Waals surface area contributed by atoms with Gasteiger partial charge in [-0.2, -0.15) is 0 Å². The molecule has 0 aliphatic carbocycles. The number of amides is 2. The number of carbonyl (C=O) groups excluding carboxylic acids is 2. The van der Waals surface area contributed by atoms with Gasteiger partial charge in [-0.1, -0.05) is 18.7 Å². The molecule has 2 amide bonds. The van der Waals surface area contributed by atoms with Crippen LogP contribution in [0.4, 0.5) is 4.79 Å². The van der Waals surface area contributed by atoms with Crippen molar-refractivity contribution in [3.63, 3.8) is 0 Å². The van der Waals surface area contributed by atoms with Gasteiger partial charge in [0.05, 0.1) is 11.5 Å². The Hall–Kier alpha value is -0.600. The number of hydrogen-bond acceptors (Lipinski definition) is 5. The van der Waals surface area contributed by atoms with Crippen LogP contribution in [-0.4, -0.2) is 59.4 Å². The molecular weight excluding hydrogens is 288 g/mol. The Morgan fingerprint density at radius 1 is 1.26 bits per heavy atom. The van der Waals surface area contributed by atoms with E-state index in [1.807, 2.05) is 6.92 Å². The van der Waals surface area contributed by atoms with Crippen LogP contribution >= 0.6 is 11.8 Å². The van der Waals surface area contributed by atoms with Gasteiger partial charge >= 0.3 is 0 Å². The van der Waals surface area contributed by atoms with Crippen LogP contribution in [0, 0.1) is 0 Å². The average Bonchev–Trinajstić information content (AvgIpc) is 2.69. The third-order valence-corrected chi connectivity index (χ3v) is 6.34. The lowest BCUT2D eigenvalue weighted by Gasteiger charge is -2.34. The van der Waals surface area contributed by atoms with E-state index in [2.05, 4.69) is 0 Å². The molecular formula is C11H18N2O4S2. The van der Waals surface area contributed by atoms with E-state index in [9.17, 15) is 18.0 Å². The van der Waals surface area contributed by atoms with E-state index < -0.39 is 10.0 Å². The van der Waals surface area contributed by atoms with Crippen LogP contribution in [-0.2, 0) is 14.8 Å². The average molecular weight is 306 g/mol. The van der Waals surface area contributed by atoms with Crippen molar-refractivity contribution in [1.82, 2.24) is 9.21 Å². The van der Waals surface area contributed by atoms with Crippen LogP contribution in [0.3, 0.4) is 0 Å². The van der Waals surface area contributed by atoms with Crippen molar-refractivity contribution >= 4 is 32.9 Å². The monoisotopic (exact) mass is 306 g/mol. The van der Waals surface area contributed by atoms with Crippen LogP contribution in [0.5, 0.6) is 0 Å². The molecule has 2 aliphatic rings. The van der Waals surface area contributed by atoms with Crippen LogP contribution in [0.1, 0.15) is 26.2 Å². The first-order chi connectivity index (χ1) is 8.95. The largest absolute Gasteiger partial charge is 0.289 e. The minimum absolute atomic E-state index is 0.136. The van der Waals surface area contributed by atoms with Crippen LogP contribution < -0.4 is 0 Å². The second-order valence-electron chi connectivity index (χ2n) is 4.76. The van der Waals surface area contributed by atoms with Crippen molar-refractivity contribution in [1.29, 1.82) is 0 Å². The predicted octanol–water partition coefficient (Wildman–Crippen LogP) is 0.886. The molecule has 0 bridgehead atoms. The van der Waals surface area contributed by atoms with E-state index in [0.717, 1.165) is 11.8 Å². The maximum Gasteiger partial charge on any atom is 0.289 e. The summed E-state index contributed by atoms with van der Waals surface area (Å²) >= 11 is 1.03. The van der Waals surface area contributed by atoms with Gasteiger partial charge in [0, 0.05) is 19.1 Å². The second kappa shape index (κ2) is 5.80. The van der Waals surface area contributed by atoms with E-state index in [1.54, 1.807) is 0 Å². The summed E-state index contributed by atoms with van der Waals surface area (Å²) in [5.74, 6) is 0.229. The zero-order valence-corrected chi connectivity index (χ0v) is 12.5. The van der Waals surface area contributed by atoms with E-state index in [1.165, 1.54) is 9.21 Å². The fourth-order valence-corrected chi connectivity index (χ4v) is 4.80. The first-order valence-corrected chi connectivity index (χ1v) is 9.02. The first kappa shape index (κ1) is 14.8. The molecule has 0 saturated carbocycles. The van der Waals surface area contributed by atoms with Crippen LogP contribution in [0.2, 0.25) is 0 Å². The number of carbonyl (C=O) groups is 2. The summed E-state index contributed by atoms with van der Waals surface area (Å²) in [4.78, 5) is 24.5. The summed E-state index contributed by atoms with van der Waals surface area (Å²) in [7, 11) is -3.17. The maximum absolute atomic E-state index is 11.9. The zero-order chi connectivity index (χ0) is 14.0. The van der Waals surface area contributed by atoms with Gasteiger partial charge in [0.25, 0.3) is 5.24 Å². The molecule has 6 nitrogen and oxygen atoms in total. The highest BCUT2D eigenvalue weighted by atomic mass is 32.2. The Morgan fingerprint density at radius 2 is 1.89 bits per heavy atom. The molecule has 0 aromatic heterocycles. The summed E-state index contributed by atoms with van der Waals surface area (Å²) in [6.07, 6.45) is 1.68. The molecule has 19 heavy (non-hydrogen) atoms. The smallest absolute Gasteiger partial charge is 0.273 e. The molecule has 0 radical (unpaired) electrons. The van der Waals surface area contributed by atoms with Crippen molar-refractivity contribution in [3.8, 4) is 0 Å². The minimum Gasteiger partial charge on any atom is -0.273 e. The summed E-state index contributed by atoms with van der Waals surface area (Å²) < 4.78 is 25.3. The summed E-state index contributed by atoms with van der Waals surface area (Å²) in [6, 6.07) is -0.136. The van der Waals surface area contributed by atoms with Gasteiger partial charge in [0.1, 0.15) is 0 Å². The van der Waals surface area contributed by atoms with E-state index in [0.29, 0.717) is 32.4 Å². The van der Waals surface area contributed by atoms with Gasteiger partial charge in [0.2, 0.25) is 15.9 Å². The molecule has 0 aromatic carbocycles. The number of hydrogen-bond donors (Lipinski definition) is 0. The van der Waals surface area contributed by atoms with Gasteiger partial charge in [-0.15, -0.1) is 0 Å². The topological polar surface area (TPSA) is 74.8 Å². The SMILES string of the molecule is CCCS(=O)(=O)N1CCC(N2C(=O)CSC2=O)CC1. The Morgan fingerprint density at radius 3 is 2.37 bits per heavy atom. The lowest BCUT2D eigenvalue weighted by Crippen LogP contribution is -2.48. The molecule has 2 rings (SSSR count). The van der Waals surface area contributed by atoms with Crippen molar-refractivity contribution < 1.29 is 18.0 Å².